The van der Waals surface area contributed by atoms with Gasteiger partial charge in [-0.1, -0.05) is 43.0 Å². The van der Waals surface area contributed by atoms with Crippen molar-refractivity contribution in [2.75, 3.05) is 13.2 Å². The first kappa shape index (κ1) is 16.8. The molecule has 0 spiro atoms. The second-order valence-corrected chi connectivity index (χ2v) is 6.68. The highest BCUT2D eigenvalue weighted by molar-refractivity contribution is 5.83. The summed E-state index contributed by atoms with van der Waals surface area (Å²) < 4.78 is 24.7. The van der Waals surface area contributed by atoms with E-state index in [4.69, 9.17) is 9.47 Å². The molecule has 0 atom stereocenters. The van der Waals surface area contributed by atoms with Crippen molar-refractivity contribution in [3.63, 3.8) is 0 Å². The smallest absolute Gasteiger partial charge is 0.183 e. The van der Waals surface area contributed by atoms with Gasteiger partial charge >= 0.3 is 0 Å². The third kappa shape index (κ3) is 3.77. The Labute approximate surface area is 152 Å². The van der Waals surface area contributed by atoms with Crippen molar-refractivity contribution in [2.45, 2.75) is 13.2 Å². The van der Waals surface area contributed by atoms with E-state index in [0.717, 1.165) is 40.7 Å². The number of hydrogen-bond acceptors (Lipinski definition) is 2. The topological polar surface area (TPSA) is 18.5 Å². The normalized spacial score (nSPS) is 19.8. The number of halogens is 1. The molecule has 1 aliphatic heterocycles. The highest BCUT2D eigenvalue weighted by Gasteiger charge is 2.20. The molecule has 0 saturated carbocycles. The molecule has 0 unspecified atom stereocenters. The van der Waals surface area contributed by atoms with E-state index in [0.29, 0.717) is 5.92 Å². The minimum absolute atomic E-state index is 0.225. The molecule has 1 aliphatic rings. The maximum absolute atomic E-state index is 13.2. The molecule has 0 bridgehead atoms. The van der Waals surface area contributed by atoms with Gasteiger partial charge in [-0.3, -0.25) is 0 Å². The zero-order chi connectivity index (χ0) is 17.9. The summed E-state index contributed by atoms with van der Waals surface area (Å²) in [4.78, 5) is 0. The van der Waals surface area contributed by atoms with Crippen LogP contribution in [0.5, 0.6) is 0 Å². The van der Waals surface area contributed by atoms with Crippen LogP contribution in [-0.2, 0) is 9.47 Å². The van der Waals surface area contributed by atoms with Crippen LogP contribution < -0.4 is 0 Å². The first-order valence-corrected chi connectivity index (χ1v) is 8.72. The molecule has 3 aromatic rings. The number of rotatable bonds is 1. The van der Waals surface area contributed by atoms with Crippen molar-refractivity contribution in [3.05, 3.63) is 83.2 Å². The van der Waals surface area contributed by atoms with Crippen LogP contribution in [0.2, 0.25) is 0 Å². The minimum atomic E-state index is -0.283. The van der Waals surface area contributed by atoms with Gasteiger partial charge in [-0.05, 0) is 47.2 Å². The Morgan fingerprint density at radius 2 is 1.42 bits per heavy atom. The molecule has 0 aromatic heterocycles. The van der Waals surface area contributed by atoms with Gasteiger partial charge in [0.1, 0.15) is 5.82 Å². The Hall–Kier alpha value is -2.67. The van der Waals surface area contributed by atoms with Crippen molar-refractivity contribution in [3.8, 4) is 11.8 Å². The Bertz CT molecular complexity index is 975. The molecular weight excluding hydrogens is 327 g/mol. The molecule has 0 N–H and O–H groups in total. The van der Waals surface area contributed by atoms with Crippen LogP contribution in [0.1, 0.15) is 29.9 Å². The van der Waals surface area contributed by atoms with Crippen molar-refractivity contribution in [2.24, 2.45) is 5.92 Å². The summed E-state index contributed by atoms with van der Waals surface area (Å²) in [5.41, 5.74) is 2.84. The maximum Gasteiger partial charge on any atom is 0.183 e. The lowest BCUT2D eigenvalue weighted by Gasteiger charge is -2.27. The van der Waals surface area contributed by atoms with Gasteiger partial charge in [0.15, 0.2) is 6.29 Å². The predicted molar refractivity (Wildman–Crippen MR) is 100 cm³/mol. The van der Waals surface area contributed by atoms with E-state index in [1.165, 1.54) is 12.1 Å². The lowest BCUT2D eigenvalue weighted by atomic mass is 10.1. The van der Waals surface area contributed by atoms with E-state index in [2.05, 4.69) is 18.8 Å². The Kier molecular flexibility index (Phi) is 4.71. The van der Waals surface area contributed by atoms with E-state index < -0.39 is 0 Å². The summed E-state index contributed by atoms with van der Waals surface area (Å²) in [6.45, 7) is 3.55. The highest BCUT2D eigenvalue weighted by Crippen LogP contribution is 2.25. The van der Waals surface area contributed by atoms with Crippen LogP contribution in [0, 0.1) is 23.6 Å². The molecule has 1 saturated heterocycles. The van der Waals surface area contributed by atoms with Crippen molar-refractivity contribution in [1.29, 1.82) is 0 Å². The van der Waals surface area contributed by atoms with Crippen LogP contribution in [0.3, 0.4) is 0 Å². The molecule has 0 radical (unpaired) electrons. The lowest BCUT2D eigenvalue weighted by Crippen LogP contribution is -2.24. The van der Waals surface area contributed by atoms with Gasteiger partial charge in [-0.25, -0.2) is 4.39 Å². The molecule has 0 aliphatic carbocycles. The number of benzene rings is 3. The van der Waals surface area contributed by atoms with Crippen LogP contribution in [-0.4, -0.2) is 13.2 Å². The Morgan fingerprint density at radius 3 is 2.19 bits per heavy atom. The molecule has 3 heteroatoms. The van der Waals surface area contributed by atoms with Crippen LogP contribution >= 0.6 is 0 Å². The van der Waals surface area contributed by atoms with Crippen LogP contribution in [0.15, 0.2) is 60.7 Å². The van der Waals surface area contributed by atoms with Gasteiger partial charge in [0.25, 0.3) is 0 Å². The van der Waals surface area contributed by atoms with Crippen molar-refractivity contribution < 1.29 is 13.9 Å². The summed E-state index contributed by atoms with van der Waals surface area (Å²) in [5.74, 6) is 6.55. The SMILES string of the molecule is CC1COC(c2ccc(C#Cc3ccc4cc(F)ccc4c3)cc2)OC1. The highest BCUT2D eigenvalue weighted by atomic mass is 19.1. The lowest BCUT2D eigenvalue weighted by molar-refractivity contribution is -0.202. The van der Waals surface area contributed by atoms with E-state index in [9.17, 15) is 4.39 Å². The van der Waals surface area contributed by atoms with E-state index >= 15 is 0 Å². The largest absolute Gasteiger partial charge is 0.348 e. The minimum Gasteiger partial charge on any atom is -0.348 e. The van der Waals surface area contributed by atoms with Gasteiger partial charge in [0.05, 0.1) is 13.2 Å². The molecule has 3 aromatic carbocycles. The van der Waals surface area contributed by atoms with Gasteiger partial charge in [0, 0.05) is 22.6 Å². The fraction of sp³-hybridized carbons (Fsp3) is 0.217. The zero-order valence-electron chi connectivity index (χ0n) is 14.5. The van der Waals surface area contributed by atoms with E-state index in [1.807, 2.05) is 42.5 Å². The summed E-state index contributed by atoms with van der Waals surface area (Å²) in [7, 11) is 0. The molecule has 26 heavy (non-hydrogen) atoms. The second-order valence-electron chi connectivity index (χ2n) is 6.68. The summed E-state index contributed by atoms with van der Waals surface area (Å²) >= 11 is 0. The summed E-state index contributed by atoms with van der Waals surface area (Å²) in [6.07, 6.45) is -0.283. The van der Waals surface area contributed by atoms with E-state index in [-0.39, 0.29) is 12.1 Å². The van der Waals surface area contributed by atoms with Crippen LogP contribution in [0.4, 0.5) is 4.39 Å². The monoisotopic (exact) mass is 346 g/mol. The fourth-order valence-electron chi connectivity index (χ4n) is 2.95. The fourth-order valence-corrected chi connectivity index (χ4v) is 2.95. The quantitative estimate of drug-likeness (QED) is 0.573. The second kappa shape index (κ2) is 7.29. The Morgan fingerprint density at radius 1 is 0.808 bits per heavy atom. The number of hydrogen-bond donors (Lipinski definition) is 0. The predicted octanol–water partition coefficient (Wildman–Crippen LogP) is 5.06. The molecular formula is C23H19FO2. The van der Waals surface area contributed by atoms with E-state index in [1.54, 1.807) is 6.07 Å². The number of fused-ring (bicyclic) bond motifs is 1. The third-order valence-electron chi connectivity index (χ3n) is 4.40. The zero-order valence-corrected chi connectivity index (χ0v) is 14.5. The summed E-state index contributed by atoms with van der Waals surface area (Å²) in [5, 5.41) is 1.86. The summed E-state index contributed by atoms with van der Waals surface area (Å²) in [6, 6.07) is 18.5. The molecule has 130 valence electrons. The van der Waals surface area contributed by atoms with Crippen molar-refractivity contribution in [1.82, 2.24) is 0 Å². The maximum atomic E-state index is 13.2. The van der Waals surface area contributed by atoms with Crippen molar-refractivity contribution >= 4 is 10.8 Å². The third-order valence-corrected chi connectivity index (χ3v) is 4.40. The van der Waals surface area contributed by atoms with Gasteiger partial charge in [-0.15, -0.1) is 0 Å². The van der Waals surface area contributed by atoms with Gasteiger partial charge < -0.3 is 9.47 Å². The molecule has 1 fully saturated rings. The molecule has 0 amide bonds. The Balaban J connectivity index is 1.50. The number of ether oxygens (including phenoxy) is 2. The standard InChI is InChI=1S/C23H19FO2/c1-16-14-25-23(26-15-16)19-7-4-17(5-8-19)2-3-18-6-9-21-13-22(24)11-10-20(21)12-18/h4-13,16,23H,14-15H2,1H3. The average molecular weight is 346 g/mol. The molecule has 2 nitrogen and oxygen atoms in total. The molecule has 1 heterocycles. The van der Waals surface area contributed by atoms with Gasteiger partial charge in [0.2, 0.25) is 0 Å². The first-order chi connectivity index (χ1) is 12.7. The van der Waals surface area contributed by atoms with Crippen LogP contribution in [0.25, 0.3) is 10.8 Å². The first-order valence-electron chi connectivity index (χ1n) is 8.72. The average Bonchev–Trinajstić information content (AvgIpc) is 2.67. The molecule has 4 rings (SSSR count). The van der Waals surface area contributed by atoms with Gasteiger partial charge in [-0.2, -0.15) is 0 Å².